The number of nitrogens with one attached hydrogen (secondary N) is 1. The number of hydrogen-bond donors (Lipinski definition) is 2. The first-order valence-electron chi connectivity index (χ1n) is 8.74. The van der Waals surface area contributed by atoms with Gasteiger partial charge in [0.05, 0.1) is 16.6 Å². The van der Waals surface area contributed by atoms with Crippen LogP contribution in [-0.4, -0.2) is 46.3 Å². The summed E-state index contributed by atoms with van der Waals surface area (Å²) in [5.74, 6) is -1.68. The van der Waals surface area contributed by atoms with E-state index in [1.54, 1.807) is 13.1 Å². The van der Waals surface area contributed by atoms with Crippen LogP contribution < -0.4 is 15.6 Å². The third kappa shape index (κ3) is 2.82. The summed E-state index contributed by atoms with van der Waals surface area (Å²) in [6.45, 7) is 4.36. The molecule has 0 unspecified atom stereocenters. The van der Waals surface area contributed by atoms with E-state index in [0.29, 0.717) is 28.3 Å². The topological polar surface area (TPSA) is 87.5 Å². The lowest BCUT2D eigenvalue weighted by atomic mass is 10.1. The van der Waals surface area contributed by atoms with Gasteiger partial charge >= 0.3 is 5.97 Å². The summed E-state index contributed by atoms with van der Waals surface area (Å²) in [5.41, 5.74) is 0.452. The Hall–Kier alpha value is -3.00. The van der Waals surface area contributed by atoms with Crippen LogP contribution in [-0.2, 0) is 7.05 Å². The van der Waals surface area contributed by atoms with Gasteiger partial charge in [-0.1, -0.05) is 6.92 Å². The highest BCUT2D eigenvalue weighted by molar-refractivity contribution is 5.96. The molecule has 140 valence electrons. The Bertz CT molecular complexity index is 1140. The Morgan fingerprint density at radius 1 is 1.37 bits per heavy atom. The van der Waals surface area contributed by atoms with Crippen molar-refractivity contribution in [1.29, 1.82) is 0 Å². The third-order valence-corrected chi connectivity index (χ3v) is 4.95. The highest BCUT2D eigenvalue weighted by Crippen LogP contribution is 2.29. The normalized spacial score (nSPS) is 14.7. The number of anilines is 1. The highest BCUT2D eigenvalue weighted by Gasteiger charge is 2.28. The fourth-order valence-electron chi connectivity index (χ4n) is 3.56. The second kappa shape index (κ2) is 6.31. The van der Waals surface area contributed by atoms with Crippen LogP contribution in [0.4, 0.5) is 10.1 Å². The standard InChI is InChI=1S/C19H19FN4O3/c1-3-21-11-7-24(8-11)16-6-15-10(5-14(16)20)4-12-17(25)13(19(26)27)9-23(2)18(12)22-15/h4-6,9,11,21H,3,7-8H2,1-2H3,(H,26,27). The van der Waals surface area contributed by atoms with Crippen molar-refractivity contribution in [3.63, 3.8) is 0 Å². The number of rotatable bonds is 4. The van der Waals surface area contributed by atoms with E-state index >= 15 is 0 Å². The van der Waals surface area contributed by atoms with Gasteiger partial charge < -0.3 is 19.9 Å². The number of benzene rings is 1. The van der Waals surface area contributed by atoms with Gasteiger partial charge in [0.1, 0.15) is 17.0 Å². The molecule has 1 fully saturated rings. The second-order valence-corrected chi connectivity index (χ2v) is 6.80. The van der Waals surface area contributed by atoms with Crippen molar-refractivity contribution < 1.29 is 14.3 Å². The second-order valence-electron chi connectivity index (χ2n) is 6.80. The zero-order valence-corrected chi connectivity index (χ0v) is 15.0. The predicted octanol–water partition coefficient (Wildman–Crippen LogP) is 1.72. The number of carboxylic acid groups (broad SMARTS) is 1. The summed E-state index contributed by atoms with van der Waals surface area (Å²) in [6.07, 6.45) is 1.26. The zero-order chi connectivity index (χ0) is 19.3. The maximum Gasteiger partial charge on any atom is 0.341 e. The molecule has 0 aliphatic carbocycles. The smallest absolute Gasteiger partial charge is 0.341 e. The number of likely N-dealkylation sites (N-methyl/N-ethyl adjacent to an activating group) is 1. The van der Waals surface area contributed by atoms with E-state index < -0.39 is 11.4 Å². The molecule has 8 heteroatoms. The maximum atomic E-state index is 14.6. The van der Waals surface area contributed by atoms with E-state index in [9.17, 15) is 19.1 Å². The molecule has 0 atom stereocenters. The molecular formula is C19H19FN4O3. The van der Waals surface area contributed by atoms with Crippen LogP contribution >= 0.6 is 0 Å². The van der Waals surface area contributed by atoms with Crippen molar-refractivity contribution in [3.8, 4) is 0 Å². The van der Waals surface area contributed by atoms with Crippen molar-refractivity contribution in [2.24, 2.45) is 7.05 Å². The fraction of sp³-hybridized carbons (Fsp3) is 0.316. The van der Waals surface area contributed by atoms with Gasteiger partial charge in [-0.3, -0.25) is 4.79 Å². The van der Waals surface area contributed by atoms with Gasteiger partial charge in [-0.25, -0.2) is 14.2 Å². The Morgan fingerprint density at radius 2 is 2.11 bits per heavy atom. The minimum atomic E-state index is -1.30. The lowest BCUT2D eigenvalue weighted by Gasteiger charge is -2.41. The number of carbonyl (C=O) groups is 1. The number of halogens is 1. The quantitative estimate of drug-likeness (QED) is 0.680. The lowest BCUT2D eigenvalue weighted by molar-refractivity contribution is 0.0695. The molecular weight excluding hydrogens is 351 g/mol. The van der Waals surface area contributed by atoms with Crippen molar-refractivity contribution >= 4 is 33.6 Å². The average molecular weight is 370 g/mol. The van der Waals surface area contributed by atoms with E-state index in [0.717, 1.165) is 19.6 Å². The first-order valence-corrected chi connectivity index (χ1v) is 8.74. The molecule has 1 aliphatic rings. The molecule has 3 aromatic rings. The molecule has 0 bridgehead atoms. The number of pyridine rings is 2. The van der Waals surface area contributed by atoms with E-state index in [-0.39, 0.29) is 16.8 Å². The van der Waals surface area contributed by atoms with Crippen molar-refractivity contribution in [2.45, 2.75) is 13.0 Å². The first kappa shape index (κ1) is 17.4. The van der Waals surface area contributed by atoms with Crippen LogP contribution in [0.25, 0.3) is 21.9 Å². The number of carboxylic acids is 1. The molecule has 2 N–H and O–H groups in total. The molecule has 0 spiro atoms. The number of aryl methyl sites for hydroxylation is 1. The van der Waals surface area contributed by atoms with E-state index in [4.69, 9.17) is 0 Å². The van der Waals surface area contributed by atoms with Gasteiger partial charge in [-0.2, -0.15) is 0 Å². The molecule has 0 radical (unpaired) electrons. The van der Waals surface area contributed by atoms with Crippen LogP contribution in [0, 0.1) is 5.82 Å². The molecule has 4 rings (SSSR count). The Morgan fingerprint density at radius 3 is 2.78 bits per heavy atom. The summed E-state index contributed by atoms with van der Waals surface area (Å²) in [6, 6.07) is 4.90. The molecule has 3 heterocycles. The molecule has 0 saturated carbocycles. The van der Waals surface area contributed by atoms with E-state index in [1.165, 1.54) is 22.9 Å². The number of nitrogens with zero attached hydrogens (tertiary/aromatic N) is 3. The predicted molar refractivity (Wildman–Crippen MR) is 101 cm³/mol. The van der Waals surface area contributed by atoms with Crippen molar-refractivity contribution in [2.75, 3.05) is 24.5 Å². The Labute approximate surface area is 154 Å². The first-order chi connectivity index (χ1) is 12.9. The van der Waals surface area contributed by atoms with E-state index in [1.807, 2.05) is 11.8 Å². The third-order valence-electron chi connectivity index (χ3n) is 4.95. The number of hydrogen-bond acceptors (Lipinski definition) is 5. The molecule has 0 amide bonds. The van der Waals surface area contributed by atoms with Crippen molar-refractivity contribution in [1.82, 2.24) is 14.9 Å². The number of aromatic carboxylic acids is 1. The highest BCUT2D eigenvalue weighted by atomic mass is 19.1. The summed E-state index contributed by atoms with van der Waals surface area (Å²) in [5, 5.41) is 13.1. The summed E-state index contributed by atoms with van der Waals surface area (Å²) < 4.78 is 16.1. The van der Waals surface area contributed by atoms with Gasteiger partial charge in [-0.15, -0.1) is 0 Å². The van der Waals surface area contributed by atoms with E-state index in [2.05, 4.69) is 10.3 Å². The average Bonchev–Trinajstić information content (AvgIpc) is 2.59. The molecule has 2 aromatic heterocycles. The minimum absolute atomic E-state index is 0.160. The van der Waals surface area contributed by atoms with Gasteiger partial charge in [0.25, 0.3) is 0 Å². The van der Waals surface area contributed by atoms with Crippen LogP contribution in [0.2, 0.25) is 0 Å². The van der Waals surface area contributed by atoms with Gasteiger partial charge in [-0.05, 0) is 24.7 Å². The minimum Gasteiger partial charge on any atom is -0.477 e. The SMILES string of the molecule is CCNC1CN(c2cc3nc4c(cc3cc2F)c(=O)c(C(=O)O)cn4C)C1. The van der Waals surface area contributed by atoms with Crippen LogP contribution in [0.1, 0.15) is 17.3 Å². The van der Waals surface area contributed by atoms with Crippen molar-refractivity contribution in [3.05, 3.63) is 46.0 Å². The Kier molecular flexibility index (Phi) is 4.07. The molecule has 1 saturated heterocycles. The zero-order valence-electron chi connectivity index (χ0n) is 15.0. The monoisotopic (exact) mass is 370 g/mol. The molecule has 7 nitrogen and oxygen atoms in total. The molecule has 27 heavy (non-hydrogen) atoms. The summed E-state index contributed by atoms with van der Waals surface area (Å²) in [7, 11) is 1.63. The largest absolute Gasteiger partial charge is 0.477 e. The number of fused-ring (bicyclic) bond motifs is 2. The maximum absolute atomic E-state index is 14.6. The lowest BCUT2D eigenvalue weighted by Crippen LogP contribution is -2.58. The molecule has 1 aromatic carbocycles. The summed E-state index contributed by atoms with van der Waals surface area (Å²) in [4.78, 5) is 30.1. The van der Waals surface area contributed by atoms with Crippen LogP contribution in [0.3, 0.4) is 0 Å². The fourth-order valence-corrected chi connectivity index (χ4v) is 3.56. The van der Waals surface area contributed by atoms with Crippen LogP contribution in [0.15, 0.2) is 29.2 Å². The van der Waals surface area contributed by atoms with Crippen LogP contribution in [0.5, 0.6) is 0 Å². The Balaban J connectivity index is 1.84. The number of aromatic nitrogens is 2. The van der Waals surface area contributed by atoms with Gasteiger partial charge in [0.15, 0.2) is 0 Å². The van der Waals surface area contributed by atoms with Gasteiger partial charge in [0.2, 0.25) is 5.43 Å². The summed E-state index contributed by atoms with van der Waals surface area (Å²) >= 11 is 0. The van der Waals surface area contributed by atoms with Gasteiger partial charge in [0, 0.05) is 37.8 Å². The molecule has 1 aliphatic heterocycles.